The number of fused-ring (bicyclic) bond motifs is 7. The fourth-order valence-electron chi connectivity index (χ4n) is 4.59. The summed E-state index contributed by atoms with van der Waals surface area (Å²) in [5.74, 6) is 2.39. The van der Waals surface area contributed by atoms with Crippen LogP contribution in [0.25, 0.3) is 11.3 Å². The molecule has 9 nitrogen and oxygen atoms in total. The number of ether oxygens (including phenoxy) is 4. The standard InChI is InChI=1S/C29H35N5O4/c1-35-26-20-31-29-32-24-8-9-25(37-17-7-14-34-12-3-4-13-34)23(18-24)21-36-15-5-2-6-16-38-27-19-22(10-11-30-27)28(26)33-29/h2,5,8-11,18-20H,3-4,6-7,12-17,21H2,1H3,(H,31,32,33)/b5-2+. The number of aromatic nitrogens is 3. The van der Waals surface area contributed by atoms with Gasteiger partial charge in [-0.2, -0.15) is 0 Å². The Morgan fingerprint density at radius 2 is 1.97 bits per heavy atom. The van der Waals surface area contributed by atoms with E-state index in [2.05, 4.69) is 26.3 Å². The van der Waals surface area contributed by atoms with Crippen molar-refractivity contribution in [1.29, 1.82) is 0 Å². The van der Waals surface area contributed by atoms with Crippen LogP contribution in [0.3, 0.4) is 0 Å². The first-order chi connectivity index (χ1) is 18.8. The van der Waals surface area contributed by atoms with Gasteiger partial charge in [0.15, 0.2) is 5.75 Å². The summed E-state index contributed by atoms with van der Waals surface area (Å²) in [5.41, 5.74) is 3.31. The van der Waals surface area contributed by atoms with Crippen LogP contribution in [0.15, 0.2) is 54.9 Å². The molecular weight excluding hydrogens is 482 g/mol. The number of hydrogen-bond donors (Lipinski definition) is 1. The minimum Gasteiger partial charge on any atom is -0.493 e. The van der Waals surface area contributed by atoms with Crippen molar-refractivity contribution in [2.24, 2.45) is 0 Å². The Balaban J connectivity index is 1.37. The first-order valence-electron chi connectivity index (χ1n) is 13.3. The maximum atomic E-state index is 6.19. The summed E-state index contributed by atoms with van der Waals surface area (Å²) in [6.45, 7) is 5.61. The Kier molecular flexibility index (Phi) is 9.02. The minimum atomic E-state index is 0.432. The summed E-state index contributed by atoms with van der Waals surface area (Å²) in [6.07, 6.45) is 11.8. The van der Waals surface area contributed by atoms with Crippen molar-refractivity contribution in [2.45, 2.75) is 32.3 Å². The van der Waals surface area contributed by atoms with Crippen molar-refractivity contribution in [2.75, 3.05) is 51.9 Å². The van der Waals surface area contributed by atoms with Crippen LogP contribution < -0.4 is 19.5 Å². The number of pyridine rings is 1. The molecule has 2 aliphatic heterocycles. The molecule has 0 saturated carbocycles. The number of anilines is 2. The van der Waals surface area contributed by atoms with Crippen LogP contribution in [0.4, 0.5) is 11.6 Å². The van der Waals surface area contributed by atoms with Crippen LogP contribution >= 0.6 is 0 Å². The predicted molar refractivity (Wildman–Crippen MR) is 146 cm³/mol. The topological polar surface area (TPSA) is 90.9 Å². The van der Waals surface area contributed by atoms with Crippen LogP contribution in [0.1, 0.15) is 31.2 Å². The highest BCUT2D eigenvalue weighted by Crippen LogP contribution is 2.31. The third-order valence-electron chi connectivity index (χ3n) is 6.55. The van der Waals surface area contributed by atoms with Crippen molar-refractivity contribution in [1.82, 2.24) is 19.9 Å². The quantitative estimate of drug-likeness (QED) is 0.358. The molecule has 9 heteroatoms. The van der Waals surface area contributed by atoms with E-state index in [9.17, 15) is 0 Å². The molecule has 0 aliphatic carbocycles. The van der Waals surface area contributed by atoms with Gasteiger partial charge >= 0.3 is 0 Å². The SMILES string of the molecule is COc1cnc2nc1-c1ccnc(c1)OCC/C=C/COCc1cc(ccc1OCCCN1CCCC1)N2. The average Bonchev–Trinajstić information content (AvgIpc) is 3.47. The summed E-state index contributed by atoms with van der Waals surface area (Å²) < 4.78 is 23.5. The molecule has 1 saturated heterocycles. The van der Waals surface area contributed by atoms with Gasteiger partial charge in [-0.3, -0.25) is 0 Å². The molecule has 5 rings (SSSR count). The lowest BCUT2D eigenvalue weighted by Gasteiger charge is -2.17. The summed E-state index contributed by atoms with van der Waals surface area (Å²) in [5, 5.41) is 3.32. The molecule has 200 valence electrons. The zero-order valence-electron chi connectivity index (χ0n) is 21.9. The molecule has 0 spiro atoms. The van der Waals surface area contributed by atoms with Crippen LogP contribution in [-0.2, 0) is 11.3 Å². The van der Waals surface area contributed by atoms with Gasteiger partial charge in [0.25, 0.3) is 0 Å². The van der Waals surface area contributed by atoms with E-state index < -0.39 is 0 Å². The van der Waals surface area contributed by atoms with Crippen LogP contribution in [0.2, 0.25) is 0 Å². The smallest absolute Gasteiger partial charge is 0.227 e. The van der Waals surface area contributed by atoms with E-state index in [1.54, 1.807) is 19.5 Å². The Labute approximate surface area is 223 Å². The molecular formula is C29H35N5O4. The maximum absolute atomic E-state index is 6.19. The first kappa shape index (κ1) is 25.9. The van der Waals surface area contributed by atoms with Crippen molar-refractivity contribution in [3.8, 4) is 28.6 Å². The van der Waals surface area contributed by atoms with Crippen LogP contribution in [0, 0.1) is 0 Å². The molecule has 38 heavy (non-hydrogen) atoms. The molecule has 4 heterocycles. The van der Waals surface area contributed by atoms with E-state index in [0.29, 0.717) is 49.7 Å². The predicted octanol–water partition coefficient (Wildman–Crippen LogP) is 5.01. The Bertz CT molecular complexity index is 1230. The van der Waals surface area contributed by atoms with Gasteiger partial charge in [0.2, 0.25) is 11.8 Å². The molecule has 1 fully saturated rings. The average molecular weight is 518 g/mol. The highest BCUT2D eigenvalue weighted by atomic mass is 16.5. The van der Waals surface area contributed by atoms with Crippen molar-refractivity contribution >= 4 is 11.6 Å². The van der Waals surface area contributed by atoms with Gasteiger partial charge in [0, 0.05) is 35.6 Å². The fourth-order valence-corrected chi connectivity index (χ4v) is 4.59. The highest BCUT2D eigenvalue weighted by molar-refractivity contribution is 5.69. The molecule has 0 radical (unpaired) electrons. The van der Waals surface area contributed by atoms with Gasteiger partial charge < -0.3 is 29.2 Å². The fraction of sp³-hybridized carbons (Fsp3) is 0.414. The first-order valence-corrected chi connectivity index (χ1v) is 13.3. The molecule has 0 unspecified atom stereocenters. The summed E-state index contributed by atoms with van der Waals surface area (Å²) in [6, 6.07) is 9.74. The zero-order chi connectivity index (χ0) is 26.0. The second-order valence-corrected chi connectivity index (χ2v) is 9.32. The number of methoxy groups -OCH3 is 1. The number of hydrogen-bond acceptors (Lipinski definition) is 9. The summed E-state index contributed by atoms with van der Waals surface area (Å²) >= 11 is 0. The van der Waals surface area contributed by atoms with Gasteiger partial charge in [-0.05, 0) is 63.0 Å². The van der Waals surface area contributed by atoms with Crippen LogP contribution in [-0.4, -0.2) is 66.4 Å². The lowest BCUT2D eigenvalue weighted by atomic mass is 10.1. The molecule has 0 atom stereocenters. The van der Waals surface area contributed by atoms with Crippen molar-refractivity contribution in [3.05, 3.63) is 60.4 Å². The van der Waals surface area contributed by atoms with E-state index >= 15 is 0 Å². The van der Waals surface area contributed by atoms with E-state index in [1.165, 1.54) is 25.9 Å². The van der Waals surface area contributed by atoms with Gasteiger partial charge in [0.1, 0.15) is 11.4 Å². The number of nitrogens with zero attached hydrogens (tertiary/aromatic N) is 4. The number of benzene rings is 1. The lowest BCUT2D eigenvalue weighted by Crippen LogP contribution is -2.22. The normalized spacial score (nSPS) is 17.0. The van der Waals surface area contributed by atoms with Crippen LogP contribution in [0.5, 0.6) is 17.4 Å². The monoisotopic (exact) mass is 517 g/mol. The van der Waals surface area contributed by atoms with Gasteiger partial charge in [-0.1, -0.05) is 12.2 Å². The maximum Gasteiger partial charge on any atom is 0.227 e. The number of nitrogens with one attached hydrogen (secondary N) is 1. The highest BCUT2D eigenvalue weighted by Gasteiger charge is 2.14. The van der Waals surface area contributed by atoms with E-state index in [1.807, 2.05) is 36.4 Å². The molecule has 1 aromatic carbocycles. The minimum absolute atomic E-state index is 0.432. The van der Waals surface area contributed by atoms with Crippen molar-refractivity contribution < 1.29 is 18.9 Å². The molecule has 2 aromatic heterocycles. The Hall–Kier alpha value is -3.69. The zero-order valence-corrected chi connectivity index (χ0v) is 21.9. The van der Waals surface area contributed by atoms with Gasteiger partial charge in [0.05, 0.1) is 39.7 Å². The summed E-state index contributed by atoms with van der Waals surface area (Å²) in [4.78, 5) is 16.0. The second kappa shape index (κ2) is 13.2. The van der Waals surface area contributed by atoms with Gasteiger partial charge in [-0.25, -0.2) is 15.0 Å². The Morgan fingerprint density at radius 3 is 2.87 bits per heavy atom. The number of rotatable bonds is 6. The second-order valence-electron chi connectivity index (χ2n) is 9.32. The van der Waals surface area contributed by atoms with E-state index in [4.69, 9.17) is 23.9 Å². The summed E-state index contributed by atoms with van der Waals surface area (Å²) in [7, 11) is 1.61. The third-order valence-corrected chi connectivity index (χ3v) is 6.55. The largest absolute Gasteiger partial charge is 0.493 e. The molecule has 3 aromatic rings. The van der Waals surface area contributed by atoms with E-state index in [0.717, 1.165) is 42.0 Å². The number of likely N-dealkylation sites (tertiary alicyclic amines) is 1. The van der Waals surface area contributed by atoms with E-state index in [-0.39, 0.29) is 0 Å². The van der Waals surface area contributed by atoms with Crippen molar-refractivity contribution in [3.63, 3.8) is 0 Å². The molecule has 1 N–H and O–H groups in total. The van der Waals surface area contributed by atoms with Gasteiger partial charge in [-0.15, -0.1) is 0 Å². The Morgan fingerprint density at radius 1 is 1.05 bits per heavy atom. The molecule has 2 aliphatic rings. The molecule has 0 amide bonds. The molecule has 6 bridgehead atoms. The third kappa shape index (κ3) is 6.99. The lowest BCUT2D eigenvalue weighted by molar-refractivity contribution is 0.144.